The molecular weight excluding hydrogens is 304 g/mol. The molecule has 0 amide bonds. The summed E-state index contributed by atoms with van der Waals surface area (Å²) < 4.78 is 12.4. The highest BCUT2D eigenvalue weighted by Gasteiger charge is 2.55. The molecule has 3 heterocycles. The summed E-state index contributed by atoms with van der Waals surface area (Å²) in [5, 5.41) is 20.9. The minimum atomic E-state index is -1.56. The van der Waals surface area contributed by atoms with Crippen LogP contribution in [0, 0.1) is 0 Å². The number of aliphatic hydroxyl groups is 2. The number of aliphatic hydroxyl groups excluding tert-OH is 1. The number of hydrogen-bond donors (Lipinski definition) is 3. The van der Waals surface area contributed by atoms with Crippen LogP contribution in [0.4, 0.5) is 5.82 Å². The topological polar surface area (TPSA) is 133 Å². The van der Waals surface area contributed by atoms with Gasteiger partial charge in [-0.2, -0.15) is 0 Å². The zero-order valence-electron chi connectivity index (χ0n) is 12.7. The van der Waals surface area contributed by atoms with Gasteiger partial charge in [0.25, 0.3) is 0 Å². The van der Waals surface area contributed by atoms with E-state index in [0.717, 1.165) is 0 Å². The monoisotopic (exact) mass is 322 g/mol. The third kappa shape index (κ3) is 2.42. The van der Waals surface area contributed by atoms with Gasteiger partial charge in [-0.1, -0.05) is 0 Å². The molecule has 1 fully saturated rings. The van der Waals surface area contributed by atoms with E-state index in [1.165, 1.54) is 20.2 Å². The molecule has 1 aliphatic heterocycles. The van der Waals surface area contributed by atoms with Gasteiger partial charge in [0.15, 0.2) is 12.3 Å². The average Bonchev–Trinajstić information content (AvgIpc) is 3.00. The van der Waals surface area contributed by atoms with Gasteiger partial charge < -0.3 is 30.0 Å². The van der Waals surface area contributed by atoms with Gasteiger partial charge in [-0.15, -0.1) is 0 Å². The molecule has 9 heteroatoms. The van der Waals surface area contributed by atoms with Crippen LogP contribution in [0.2, 0.25) is 0 Å². The molecule has 4 atom stereocenters. The van der Waals surface area contributed by atoms with E-state index < -0.39 is 36.6 Å². The van der Waals surface area contributed by atoms with Gasteiger partial charge in [0.05, 0.1) is 12.0 Å². The Labute approximate surface area is 131 Å². The van der Waals surface area contributed by atoms with E-state index in [0.29, 0.717) is 16.9 Å². The molecule has 0 aromatic carbocycles. The zero-order valence-corrected chi connectivity index (χ0v) is 12.7. The van der Waals surface area contributed by atoms with Crippen molar-refractivity contribution in [1.82, 2.24) is 14.5 Å². The van der Waals surface area contributed by atoms with Gasteiger partial charge in [0.1, 0.15) is 29.5 Å². The van der Waals surface area contributed by atoms with Crippen LogP contribution in [0.15, 0.2) is 18.6 Å². The lowest BCUT2D eigenvalue weighted by atomic mass is 9.96. The minimum Gasteiger partial charge on any atom is -0.456 e. The summed E-state index contributed by atoms with van der Waals surface area (Å²) in [7, 11) is 0. The summed E-state index contributed by atoms with van der Waals surface area (Å²) in [6, 6.07) is 1.71. The summed E-state index contributed by atoms with van der Waals surface area (Å²) in [4.78, 5) is 19.4. The predicted octanol–water partition coefficient (Wildman–Crippen LogP) is -0.414. The van der Waals surface area contributed by atoms with Crippen molar-refractivity contribution in [2.45, 2.75) is 37.9 Å². The summed E-state index contributed by atoms with van der Waals surface area (Å²) in [6.45, 7) is 2.31. The molecule has 0 unspecified atom stereocenters. The summed E-state index contributed by atoms with van der Waals surface area (Å²) >= 11 is 0. The third-order valence-electron chi connectivity index (χ3n) is 3.98. The number of aromatic nitrogens is 3. The van der Waals surface area contributed by atoms with Crippen LogP contribution >= 0.6 is 0 Å². The first-order valence-electron chi connectivity index (χ1n) is 7.09. The molecule has 2 aromatic heterocycles. The van der Waals surface area contributed by atoms with E-state index in [-0.39, 0.29) is 0 Å². The number of esters is 1. The van der Waals surface area contributed by atoms with Crippen LogP contribution in [-0.2, 0) is 14.3 Å². The van der Waals surface area contributed by atoms with Crippen LogP contribution in [0.5, 0.6) is 0 Å². The minimum absolute atomic E-state index is 0.307. The average molecular weight is 322 g/mol. The number of rotatable bonds is 3. The second-order valence-electron chi connectivity index (χ2n) is 5.68. The number of nitrogen functional groups attached to an aromatic ring is 1. The summed E-state index contributed by atoms with van der Waals surface area (Å²) in [6.07, 6.45) is 0.197. The van der Waals surface area contributed by atoms with Crippen molar-refractivity contribution in [2.75, 3.05) is 12.3 Å². The van der Waals surface area contributed by atoms with Gasteiger partial charge in [-0.25, -0.2) is 9.97 Å². The van der Waals surface area contributed by atoms with Crippen LogP contribution in [0.1, 0.15) is 20.1 Å². The lowest BCUT2D eigenvalue weighted by Gasteiger charge is -2.29. The molecule has 4 N–H and O–H groups in total. The molecule has 0 bridgehead atoms. The Morgan fingerprint density at radius 2 is 2.30 bits per heavy atom. The van der Waals surface area contributed by atoms with E-state index >= 15 is 0 Å². The number of ether oxygens (including phenoxy) is 2. The Balaban J connectivity index is 2.05. The molecular formula is C14H18N4O5. The van der Waals surface area contributed by atoms with Crippen molar-refractivity contribution in [3.63, 3.8) is 0 Å². The lowest BCUT2D eigenvalue weighted by molar-refractivity contribution is -0.161. The number of carbonyl (C=O) groups is 1. The maximum Gasteiger partial charge on any atom is 0.303 e. The zero-order chi connectivity index (χ0) is 16.8. The molecule has 0 saturated carbocycles. The Kier molecular flexibility index (Phi) is 3.71. The van der Waals surface area contributed by atoms with E-state index in [4.69, 9.17) is 15.2 Å². The van der Waals surface area contributed by atoms with Gasteiger partial charge in [0, 0.05) is 13.1 Å². The normalized spacial score (nSPS) is 30.7. The van der Waals surface area contributed by atoms with Gasteiger partial charge in [0.2, 0.25) is 0 Å². The number of nitrogens with two attached hydrogens (primary N) is 1. The van der Waals surface area contributed by atoms with Crippen molar-refractivity contribution in [1.29, 1.82) is 0 Å². The van der Waals surface area contributed by atoms with E-state index in [9.17, 15) is 15.0 Å². The molecule has 23 heavy (non-hydrogen) atoms. The fourth-order valence-corrected chi connectivity index (χ4v) is 2.93. The second-order valence-corrected chi connectivity index (χ2v) is 5.68. The molecule has 1 saturated heterocycles. The highest BCUT2D eigenvalue weighted by molar-refractivity contribution is 5.86. The van der Waals surface area contributed by atoms with Crippen molar-refractivity contribution < 1.29 is 24.5 Å². The lowest BCUT2D eigenvalue weighted by Crippen LogP contribution is -2.46. The number of carbonyl (C=O) groups excluding carboxylic acids is 1. The Hall–Kier alpha value is -2.23. The fraction of sp³-hybridized carbons (Fsp3) is 0.500. The van der Waals surface area contributed by atoms with Crippen molar-refractivity contribution >= 4 is 22.8 Å². The highest BCUT2D eigenvalue weighted by atomic mass is 16.6. The molecule has 1 aliphatic rings. The molecule has 124 valence electrons. The van der Waals surface area contributed by atoms with Gasteiger partial charge >= 0.3 is 5.97 Å². The maximum absolute atomic E-state index is 11.3. The molecule has 0 spiro atoms. The number of nitrogens with zero attached hydrogens (tertiary/aromatic N) is 3. The standard InChI is InChI=1S/C14H18N4O5/c1-7(20)22-10-9(5-19)23-13(14(10,2)21)18-4-3-8-11(15)16-6-17-12(8)18/h3-4,6,9-10,13,19,21H,5H2,1-2H3,(H2,15,16,17)/t9-,10-,13-,14-/m1/s1. The van der Waals surface area contributed by atoms with Crippen molar-refractivity contribution in [2.24, 2.45) is 0 Å². The molecule has 0 aliphatic carbocycles. The van der Waals surface area contributed by atoms with Crippen molar-refractivity contribution in [3.8, 4) is 0 Å². The Morgan fingerprint density at radius 3 is 2.96 bits per heavy atom. The SMILES string of the molecule is CC(=O)O[C@@H]1[C@@H](CO)O[C@@H](n2ccc3c(N)ncnc32)[C@]1(C)O. The maximum atomic E-state index is 11.3. The molecule has 3 rings (SSSR count). The molecule has 9 nitrogen and oxygen atoms in total. The first-order chi connectivity index (χ1) is 10.9. The van der Waals surface area contributed by atoms with Gasteiger partial charge in [-0.3, -0.25) is 4.79 Å². The largest absolute Gasteiger partial charge is 0.456 e. The first-order valence-corrected chi connectivity index (χ1v) is 7.09. The van der Waals surface area contributed by atoms with E-state index in [1.54, 1.807) is 16.8 Å². The van der Waals surface area contributed by atoms with E-state index in [2.05, 4.69) is 9.97 Å². The van der Waals surface area contributed by atoms with Crippen LogP contribution in [0.3, 0.4) is 0 Å². The van der Waals surface area contributed by atoms with Crippen LogP contribution < -0.4 is 5.73 Å². The summed E-state index contributed by atoms with van der Waals surface area (Å²) in [5.74, 6) is -0.261. The first kappa shape index (κ1) is 15.7. The highest BCUT2D eigenvalue weighted by Crippen LogP contribution is 2.41. The van der Waals surface area contributed by atoms with E-state index in [1.807, 2.05) is 0 Å². The number of fused-ring (bicyclic) bond motifs is 1. The quantitative estimate of drug-likeness (QED) is 0.649. The second kappa shape index (κ2) is 5.44. The summed E-state index contributed by atoms with van der Waals surface area (Å²) in [5.41, 5.74) is 4.72. The smallest absolute Gasteiger partial charge is 0.303 e. The van der Waals surface area contributed by atoms with Gasteiger partial charge in [-0.05, 0) is 13.0 Å². The van der Waals surface area contributed by atoms with Crippen molar-refractivity contribution in [3.05, 3.63) is 18.6 Å². The number of hydrogen-bond acceptors (Lipinski definition) is 8. The predicted molar refractivity (Wildman–Crippen MR) is 79.1 cm³/mol. The molecule has 2 aromatic rings. The Morgan fingerprint density at radius 1 is 1.57 bits per heavy atom. The Bertz CT molecular complexity index is 744. The third-order valence-corrected chi connectivity index (χ3v) is 3.98. The number of anilines is 1. The fourth-order valence-electron chi connectivity index (χ4n) is 2.93. The van der Waals surface area contributed by atoms with Crippen LogP contribution in [-0.4, -0.2) is 55.1 Å². The molecule has 0 radical (unpaired) electrons. The van der Waals surface area contributed by atoms with Crippen LogP contribution in [0.25, 0.3) is 11.0 Å².